The second-order valence-electron chi connectivity index (χ2n) is 5.51. The van der Waals surface area contributed by atoms with Crippen molar-refractivity contribution in [3.63, 3.8) is 0 Å². The molecule has 0 bridgehead atoms. The van der Waals surface area contributed by atoms with Crippen molar-refractivity contribution in [1.82, 2.24) is 0 Å². The fourth-order valence-electron chi connectivity index (χ4n) is 2.23. The Hall–Kier alpha value is -0.0800. The predicted octanol–water partition coefficient (Wildman–Crippen LogP) is 2.99. The molecule has 0 radical (unpaired) electrons. The van der Waals surface area contributed by atoms with Gasteiger partial charge in [-0.25, -0.2) is 0 Å². The summed E-state index contributed by atoms with van der Waals surface area (Å²) in [6.45, 7) is 9.60. The molecule has 0 aromatic heterocycles. The average Bonchev–Trinajstić information content (AvgIpc) is 2.20. The van der Waals surface area contributed by atoms with Crippen LogP contribution in [0.3, 0.4) is 0 Å². The molecule has 0 amide bonds. The smallest absolute Gasteiger partial charge is 0.0678 e. The number of hydrogen-bond donors (Lipinski definition) is 1. The largest absolute Gasteiger partial charge is 0.392 e. The summed E-state index contributed by atoms with van der Waals surface area (Å²) in [5, 5.41) is 9.70. The summed E-state index contributed by atoms with van der Waals surface area (Å²) >= 11 is 0. The molecule has 0 heterocycles. The highest BCUT2D eigenvalue weighted by Gasteiger charge is 2.50. The maximum Gasteiger partial charge on any atom is 0.0678 e. The predicted molar refractivity (Wildman–Crippen MR) is 62.8 cm³/mol. The second-order valence-corrected chi connectivity index (χ2v) is 5.51. The summed E-state index contributed by atoms with van der Waals surface area (Å²) in [5.41, 5.74) is 0.0117. The van der Waals surface area contributed by atoms with Crippen molar-refractivity contribution < 1.29 is 9.84 Å². The van der Waals surface area contributed by atoms with E-state index < -0.39 is 0 Å². The van der Waals surface area contributed by atoms with E-state index in [4.69, 9.17) is 4.74 Å². The quantitative estimate of drug-likeness (QED) is 0.689. The Morgan fingerprint density at radius 1 is 1.47 bits per heavy atom. The van der Waals surface area contributed by atoms with Crippen LogP contribution in [-0.2, 0) is 4.74 Å². The lowest BCUT2D eigenvalue weighted by Crippen LogP contribution is -2.56. The van der Waals surface area contributed by atoms with Gasteiger partial charge >= 0.3 is 0 Å². The minimum Gasteiger partial charge on any atom is -0.392 e. The van der Waals surface area contributed by atoms with E-state index in [2.05, 4.69) is 27.7 Å². The molecule has 0 aromatic carbocycles. The van der Waals surface area contributed by atoms with Gasteiger partial charge in [-0.1, -0.05) is 27.7 Å². The Kier molecular flexibility index (Phi) is 4.60. The zero-order valence-corrected chi connectivity index (χ0v) is 10.6. The molecule has 3 atom stereocenters. The second kappa shape index (κ2) is 5.31. The lowest BCUT2D eigenvalue weighted by atomic mass is 9.63. The van der Waals surface area contributed by atoms with Gasteiger partial charge in [0.25, 0.3) is 0 Å². The van der Waals surface area contributed by atoms with Crippen LogP contribution < -0.4 is 0 Å². The van der Waals surface area contributed by atoms with E-state index in [9.17, 15) is 5.11 Å². The number of rotatable bonds is 6. The van der Waals surface area contributed by atoms with Gasteiger partial charge in [0.15, 0.2) is 0 Å². The minimum absolute atomic E-state index is 0.0117. The van der Waals surface area contributed by atoms with Gasteiger partial charge in [0.1, 0.15) is 0 Å². The van der Waals surface area contributed by atoms with Crippen molar-refractivity contribution >= 4 is 0 Å². The summed E-state index contributed by atoms with van der Waals surface area (Å²) in [5.74, 6) is 0.762. The van der Waals surface area contributed by atoms with Gasteiger partial charge in [-0.15, -0.1) is 0 Å². The molecule has 0 aliphatic heterocycles. The molecule has 0 aromatic rings. The van der Waals surface area contributed by atoms with Gasteiger partial charge in [0, 0.05) is 18.4 Å². The first-order valence-corrected chi connectivity index (χ1v) is 6.30. The molecule has 0 saturated heterocycles. The summed E-state index contributed by atoms with van der Waals surface area (Å²) in [7, 11) is 0. The van der Waals surface area contributed by atoms with Crippen molar-refractivity contribution in [3.8, 4) is 0 Å². The zero-order chi connectivity index (χ0) is 11.5. The number of ether oxygens (including phenoxy) is 1. The van der Waals surface area contributed by atoms with Gasteiger partial charge in [0.2, 0.25) is 0 Å². The third-order valence-corrected chi connectivity index (χ3v) is 3.94. The molecule has 1 fully saturated rings. The van der Waals surface area contributed by atoms with Gasteiger partial charge < -0.3 is 9.84 Å². The lowest BCUT2D eigenvalue weighted by Gasteiger charge is -2.50. The fourth-order valence-corrected chi connectivity index (χ4v) is 2.23. The van der Waals surface area contributed by atoms with Crippen molar-refractivity contribution in [2.24, 2.45) is 11.3 Å². The van der Waals surface area contributed by atoms with Crippen LogP contribution in [-0.4, -0.2) is 23.9 Å². The van der Waals surface area contributed by atoms with Gasteiger partial charge in [0.05, 0.1) is 12.2 Å². The van der Waals surface area contributed by atoms with Crippen LogP contribution in [0.4, 0.5) is 0 Å². The van der Waals surface area contributed by atoms with Crippen molar-refractivity contribution in [2.75, 3.05) is 6.61 Å². The lowest BCUT2D eigenvalue weighted by molar-refractivity contribution is -0.185. The van der Waals surface area contributed by atoms with E-state index in [1.54, 1.807) is 0 Å². The van der Waals surface area contributed by atoms with Crippen LogP contribution in [0.15, 0.2) is 0 Å². The molecule has 2 nitrogen and oxygen atoms in total. The Balaban J connectivity index is 2.18. The van der Waals surface area contributed by atoms with E-state index in [0.29, 0.717) is 0 Å². The molecule has 1 rings (SSSR count). The summed E-state index contributed by atoms with van der Waals surface area (Å²) < 4.78 is 5.85. The molecule has 15 heavy (non-hydrogen) atoms. The highest BCUT2D eigenvalue weighted by Crippen LogP contribution is 2.45. The monoisotopic (exact) mass is 214 g/mol. The Bertz CT molecular complexity index is 191. The van der Waals surface area contributed by atoms with E-state index in [0.717, 1.165) is 31.8 Å². The zero-order valence-electron chi connectivity index (χ0n) is 10.6. The van der Waals surface area contributed by atoms with Gasteiger partial charge in [-0.05, 0) is 25.2 Å². The van der Waals surface area contributed by atoms with Crippen LogP contribution in [0.2, 0.25) is 0 Å². The van der Waals surface area contributed by atoms with Crippen LogP contribution in [0.1, 0.15) is 53.4 Å². The number of hydrogen-bond acceptors (Lipinski definition) is 2. The molecule has 2 heteroatoms. The maximum atomic E-state index is 9.70. The Labute approximate surface area is 94.0 Å². The number of aliphatic hydroxyl groups excluding tert-OH is 1. The average molecular weight is 214 g/mol. The maximum absolute atomic E-state index is 9.70. The Morgan fingerprint density at radius 3 is 2.60 bits per heavy atom. The Morgan fingerprint density at radius 2 is 2.13 bits per heavy atom. The van der Waals surface area contributed by atoms with Crippen LogP contribution in [0, 0.1) is 11.3 Å². The van der Waals surface area contributed by atoms with E-state index >= 15 is 0 Å². The van der Waals surface area contributed by atoms with Crippen LogP contribution in [0.5, 0.6) is 0 Å². The van der Waals surface area contributed by atoms with Crippen LogP contribution in [0.25, 0.3) is 0 Å². The number of aliphatic hydroxyl groups is 1. The van der Waals surface area contributed by atoms with E-state index in [-0.39, 0.29) is 17.6 Å². The molecule has 1 saturated carbocycles. The summed E-state index contributed by atoms with van der Waals surface area (Å²) in [6.07, 6.45) is 4.33. The van der Waals surface area contributed by atoms with Crippen molar-refractivity contribution in [3.05, 3.63) is 0 Å². The molecule has 0 spiro atoms. The first-order valence-electron chi connectivity index (χ1n) is 6.30. The molecule has 3 unspecified atom stereocenters. The molecule has 1 aliphatic carbocycles. The van der Waals surface area contributed by atoms with Crippen LogP contribution >= 0.6 is 0 Å². The first-order chi connectivity index (χ1) is 7.00. The standard InChI is InChI=1S/C13H26O2/c1-5-13(4)11(14)9-12(13)15-8-6-7-10(2)3/h10-12,14H,5-9H2,1-4H3. The molecular formula is C13H26O2. The highest BCUT2D eigenvalue weighted by atomic mass is 16.5. The van der Waals surface area contributed by atoms with Crippen molar-refractivity contribution in [1.29, 1.82) is 0 Å². The normalized spacial score (nSPS) is 35.6. The SMILES string of the molecule is CCC1(C)C(O)CC1OCCCC(C)C. The van der Waals surface area contributed by atoms with Crippen molar-refractivity contribution in [2.45, 2.75) is 65.6 Å². The first kappa shape index (κ1) is 13.0. The molecule has 1 aliphatic rings. The fraction of sp³-hybridized carbons (Fsp3) is 1.00. The van der Waals surface area contributed by atoms with Gasteiger partial charge in [-0.3, -0.25) is 0 Å². The molecule has 1 N–H and O–H groups in total. The van der Waals surface area contributed by atoms with Gasteiger partial charge in [-0.2, -0.15) is 0 Å². The highest BCUT2D eigenvalue weighted by molar-refractivity contribution is 5.00. The third kappa shape index (κ3) is 2.94. The van der Waals surface area contributed by atoms with E-state index in [1.165, 1.54) is 6.42 Å². The minimum atomic E-state index is -0.155. The molecule has 90 valence electrons. The molecular weight excluding hydrogens is 188 g/mol. The summed E-state index contributed by atoms with van der Waals surface area (Å²) in [4.78, 5) is 0. The topological polar surface area (TPSA) is 29.5 Å². The third-order valence-electron chi connectivity index (χ3n) is 3.94. The summed E-state index contributed by atoms with van der Waals surface area (Å²) in [6, 6.07) is 0. The van der Waals surface area contributed by atoms with E-state index in [1.807, 2.05) is 0 Å².